The van der Waals surface area contributed by atoms with E-state index in [2.05, 4.69) is 15.3 Å². The zero-order valence-electron chi connectivity index (χ0n) is 5.69. The number of carbonyl (C=O) groups is 1. The third-order valence-electron chi connectivity index (χ3n) is 1.00. The minimum atomic E-state index is -0.913. The highest BCUT2D eigenvalue weighted by Crippen LogP contribution is 1.95. The summed E-state index contributed by atoms with van der Waals surface area (Å²) < 4.78 is 0. The van der Waals surface area contributed by atoms with Gasteiger partial charge in [0.15, 0.2) is 0 Å². The highest BCUT2D eigenvalue weighted by atomic mass is 16.4. The number of anilines is 1. The van der Waals surface area contributed by atoms with Crippen LogP contribution in [-0.4, -0.2) is 27.6 Å². The zero-order chi connectivity index (χ0) is 8.10. The first-order valence-corrected chi connectivity index (χ1v) is 3.01. The first-order valence-electron chi connectivity index (χ1n) is 3.01. The van der Waals surface area contributed by atoms with Crippen molar-refractivity contribution >= 4 is 11.8 Å². The van der Waals surface area contributed by atoms with E-state index in [-0.39, 0.29) is 6.54 Å². The molecule has 5 nitrogen and oxygen atoms in total. The number of hydrogen-bond acceptors (Lipinski definition) is 4. The van der Waals surface area contributed by atoms with Crippen LogP contribution in [0.3, 0.4) is 0 Å². The highest BCUT2D eigenvalue weighted by Gasteiger charge is 1.95. The standard InChI is InChI=1S/C6H7N3O2/c10-6(11)3-8-5-1-2-7-4-9-5/h1-2,4H,3H2,(H,10,11)(H,7,8,9). The van der Waals surface area contributed by atoms with Crippen LogP contribution in [0.5, 0.6) is 0 Å². The van der Waals surface area contributed by atoms with Gasteiger partial charge in [0.2, 0.25) is 0 Å². The molecule has 0 fully saturated rings. The Morgan fingerprint density at radius 1 is 1.73 bits per heavy atom. The van der Waals surface area contributed by atoms with Crippen molar-refractivity contribution in [1.29, 1.82) is 0 Å². The van der Waals surface area contributed by atoms with Crippen LogP contribution >= 0.6 is 0 Å². The number of hydrogen-bond donors (Lipinski definition) is 2. The van der Waals surface area contributed by atoms with Gasteiger partial charge in [0.05, 0.1) is 0 Å². The summed E-state index contributed by atoms with van der Waals surface area (Å²) in [6, 6.07) is 1.60. The summed E-state index contributed by atoms with van der Waals surface area (Å²) >= 11 is 0. The monoisotopic (exact) mass is 153 g/mol. The fraction of sp³-hybridized carbons (Fsp3) is 0.167. The summed E-state index contributed by atoms with van der Waals surface area (Å²) in [7, 11) is 0. The Hall–Kier alpha value is -1.65. The predicted octanol–water partition coefficient (Wildman–Crippen LogP) is -0.0269. The summed E-state index contributed by atoms with van der Waals surface area (Å²) in [5.74, 6) is -0.397. The van der Waals surface area contributed by atoms with E-state index in [1.165, 1.54) is 12.5 Å². The third-order valence-corrected chi connectivity index (χ3v) is 1.00. The lowest BCUT2D eigenvalue weighted by Gasteiger charge is -1.98. The quantitative estimate of drug-likeness (QED) is 0.637. The molecule has 0 spiro atoms. The van der Waals surface area contributed by atoms with E-state index in [9.17, 15) is 4.79 Å². The van der Waals surface area contributed by atoms with Crippen molar-refractivity contribution in [3.8, 4) is 0 Å². The summed E-state index contributed by atoms with van der Waals surface area (Å²) in [6.45, 7) is -0.128. The summed E-state index contributed by atoms with van der Waals surface area (Å²) in [5, 5.41) is 10.9. The highest BCUT2D eigenvalue weighted by molar-refractivity contribution is 5.72. The molecule has 2 N–H and O–H groups in total. The van der Waals surface area contributed by atoms with Gasteiger partial charge in [0, 0.05) is 6.20 Å². The summed E-state index contributed by atoms with van der Waals surface area (Å²) in [5.41, 5.74) is 0. The molecule has 11 heavy (non-hydrogen) atoms. The smallest absolute Gasteiger partial charge is 0.322 e. The van der Waals surface area contributed by atoms with Gasteiger partial charge >= 0.3 is 5.97 Å². The van der Waals surface area contributed by atoms with Gasteiger partial charge in [-0.2, -0.15) is 0 Å². The molecule has 0 unspecified atom stereocenters. The van der Waals surface area contributed by atoms with Gasteiger partial charge < -0.3 is 10.4 Å². The fourth-order valence-electron chi connectivity index (χ4n) is 0.561. The average molecular weight is 153 g/mol. The first kappa shape index (κ1) is 7.46. The molecule has 0 radical (unpaired) electrons. The first-order chi connectivity index (χ1) is 5.29. The van der Waals surface area contributed by atoms with Gasteiger partial charge in [-0.1, -0.05) is 0 Å². The minimum Gasteiger partial charge on any atom is -0.480 e. The average Bonchev–Trinajstić information content (AvgIpc) is 2.03. The predicted molar refractivity (Wildman–Crippen MR) is 38.2 cm³/mol. The molecule has 0 aliphatic carbocycles. The molecule has 0 aliphatic heterocycles. The van der Waals surface area contributed by atoms with E-state index in [0.29, 0.717) is 5.82 Å². The van der Waals surface area contributed by atoms with Crippen molar-refractivity contribution in [3.63, 3.8) is 0 Å². The lowest BCUT2D eigenvalue weighted by molar-refractivity contribution is -0.134. The molecule has 0 atom stereocenters. The third kappa shape index (κ3) is 2.61. The number of nitrogens with zero attached hydrogens (tertiary/aromatic N) is 2. The van der Waals surface area contributed by atoms with Crippen LogP contribution in [0.1, 0.15) is 0 Å². The molecule has 5 heteroatoms. The van der Waals surface area contributed by atoms with E-state index in [4.69, 9.17) is 5.11 Å². The van der Waals surface area contributed by atoms with Crippen LogP contribution in [0.15, 0.2) is 18.6 Å². The number of carboxylic acids is 1. The number of aromatic nitrogens is 2. The summed E-state index contributed by atoms with van der Waals surface area (Å²) in [6.07, 6.45) is 2.89. The van der Waals surface area contributed by atoms with Crippen LogP contribution in [-0.2, 0) is 4.79 Å². The molecule has 0 bridgehead atoms. The Kier molecular flexibility index (Phi) is 2.37. The molecule has 0 aromatic carbocycles. The lowest BCUT2D eigenvalue weighted by Crippen LogP contribution is -2.12. The number of carboxylic acid groups (broad SMARTS) is 1. The Labute approximate surface area is 63.1 Å². The van der Waals surface area contributed by atoms with Crippen LogP contribution in [0.4, 0.5) is 5.82 Å². The Bertz CT molecular complexity index is 237. The molecule has 0 amide bonds. The maximum atomic E-state index is 10.1. The SMILES string of the molecule is O=C(O)CNc1ccncn1. The zero-order valence-corrected chi connectivity index (χ0v) is 5.69. The van der Waals surface area contributed by atoms with Crippen LogP contribution in [0, 0.1) is 0 Å². The van der Waals surface area contributed by atoms with Crippen molar-refractivity contribution in [2.24, 2.45) is 0 Å². The van der Waals surface area contributed by atoms with Crippen molar-refractivity contribution in [2.45, 2.75) is 0 Å². The molecule has 1 heterocycles. The van der Waals surface area contributed by atoms with Gasteiger partial charge in [-0.25, -0.2) is 9.97 Å². The van der Waals surface area contributed by atoms with Crippen molar-refractivity contribution in [1.82, 2.24) is 9.97 Å². The molecule has 0 saturated carbocycles. The Morgan fingerprint density at radius 3 is 3.09 bits per heavy atom. The second-order valence-corrected chi connectivity index (χ2v) is 1.84. The second kappa shape index (κ2) is 3.50. The van der Waals surface area contributed by atoms with Crippen molar-refractivity contribution in [3.05, 3.63) is 18.6 Å². The largest absolute Gasteiger partial charge is 0.480 e. The van der Waals surface area contributed by atoms with E-state index in [1.807, 2.05) is 0 Å². The number of aliphatic carboxylic acids is 1. The summed E-state index contributed by atoms with van der Waals surface area (Å²) in [4.78, 5) is 17.5. The van der Waals surface area contributed by atoms with Gasteiger partial charge in [-0.3, -0.25) is 4.79 Å². The fourth-order valence-corrected chi connectivity index (χ4v) is 0.561. The Morgan fingerprint density at radius 2 is 2.55 bits per heavy atom. The molecule has 1 aromatic heterocycles. The van der Waals surface area contributed by atoms with Crippen molar-refractivity contribution < 1.29 is 9.90 Å². The van der Waals surface area contributed by atoms with Gasteiger partial charge in [0.25, 0.3) is 0 Å². The normalized spacial score (nSPS) is 9.09. The van der Waals surface area contributed by atoms with Gasteiger partial charge in [-0.05, 0) is 6.07 Å². The molecule has 1 rings (SSSR count). The van der Waals surface area contributed by atoms with Crippen molar-refractivity contribution in [2.75, 3.05) is 11.9 Å². The molecule has 0 aliphatic rings. The van der Waals surface area contributed by atoms with Crippen LogP contribution in [0.2, 0.25) is 0 Å². The number of rotatable bonds is 3. The van der Waals surface area contributed by atoms with Gasteiger partial charge in [-0.15, -0.1) is 0 Å². The topological polar surface area (TPSA) is 75.1 Å². The van der Waals surface area contributed by atoms with E-state index in [1.54, 1.807) is 6.07 Å². The Balaban J connectivity index is 2.45. The molecule has 58 valence electrons. The van der Waals surface area contributed by atoms with E-state index >= 15 is 0 Å². The van der Waals surface area contributed by atoms with E-state index < -0.39 is 5.97 Å². The minimum absolute atomic E-state index is 0.128. The maximum Gasteiger partial charge on any atom is 0.322 e. The number of nitrogens with one attached hydrogen (secondary N) is 1. The molecule has 1 aromatic rings. The second-order valence-electron chi connectivity index (χ2n) is 1.84. The van der Waals surface area contributed by atoms with Crippen LogP contribution in [0.25, 0.3) is 0 Å². The maximum absolute atomic E-state index is 10.1. The van der Waals surface area contributed by atoms with Crippen LogP contribution < -0.4 is 5.32 Å². The lowest BCUT2D eigenvalue weighted by atomic mass is 10.5. The molecular formula is C6H7N3O2. The van der Waals surface area contributed by atoms with Gasteiger partial charge in [0.1, 0.15) is 18.7 Å². The molecule has 0 saturated heterocycles. The van der Waals surface area contributed by atoms with E-state index in [0.717, 1.165) is 0 Å². The molecular weight excluding hydrogens is 146 g/mol.